The van der Waals surface area contributed by atoms with Gasteiger partial charge < -0.3 is 10.2 Å². The van der Waals surface area contributed by atoms with E-state index in [2.05, 4.69) is 10.2 Å². The summed E-state index contributed by atoms with van der Waals surface area (Å²) in [7, 11) is 0. The molecular weight excluding hydrogens is 262 g/mol. The lowest BCUT2D eigenvalue weighted by atomic mass is 10.1. The van der Waals surface area contributed by atoms with Crippen LogP contribution >= 0.6 is 11.6 Å². The van der Waals surface area contributed by atoms with Gasteiger partial charge in [-0.25, -0.2) is 4.79 Å². The maximum Gasteiger partial charge on any atom is 0.321 e. The van der Waals surface area contributed by atoms with Crippen LogP contribution in [0.2, 0.25) is 5.02 Å². The first-order valence-electron chi connectivity index (χ1n) is 6.78. The van der Waals surface area contributed by atoms with Crippen molar-refractivity contribution in [2.45, 2.75) is 18.9 Å². The highest BCUT2D eigenvalue weighted by Crippen LogP contribution is 2.22. The van der Waals surface area contributed by atoms with Crippen LogP contribution in [-0.2, 0) is 0 Å². The summed E-state index contributed by atoms with van der Waals surface area (Å²) in [6.45, 7) is 3.85. The molecule has 1 aromatic carbocycles. The van der Waals surface area contributed by atoms with E-state index in [4.69, 9.17) is 11.6 Å². The average molecular weight is 280 g/mol. The summed E-state index contributed by atoms with van der Waals surface area (Å²) in [6, 6.07) is 7.77. The maximum atomic E-state index is 12.2. The molecule has 1 aromatic rings. The molecular formula is C14H18ClN3O. The van der Waals surface area contributed by atoms with E-state index < -0.39 is 0 Å². The highest BCUT2D eigenvalue weighted by atomic mass is 35.5. The second kappa shape index (κ2) is 5.39. The van der Waals surface area contributed by atoms with Gasteiger partial charge in [0.2, 0.25) is 0 Å². The van der Waals surface area contributed by atoms with Gasteiger partial charge in [0.15, 0.2) is 0 Å². The molecule has 0 saturated carbocycles. The Morgan fingerprint density at radius 3 is 2.79 bits per heavy atom. The van der Waals surface area contributed by atoms with Crippen molar-refractivity contribution in [2.75, 3.05) is 31.5 Å². The van der Waals surface area contributed by atoms with Crippen LogP contribution in [0.15, 0.2) is 24.3 Å². The van der Waals surface area contributed by atoms with E-state index >= 15 is 0 Å². The van der Waals surface area contributed by atoms with Crippen LogP contribution in [0.4, 0.5) is 10.5 Å². The SMILES string of the molecule is O=C(Nc1ccc(Cl)cc1)N1CCN2CCCC2C1. The quantitative estimate of drug-likeness (QED) is 0.858. The second-order valence-corrected chi connectivity index (χ2v) is 5.65. The predicted octanol–water partition coefficient (Wildman–Crippen LogP) is 2.65. The zero-order valence-corrected chi connectivity index (χ0v) is 11.6. The number of halogens is 1. The third-order valence-electron chi connectivity index (χ3n) is 3.97. The number of urea groups is 1. The number of carbonyl (C=O) groups excluding carboxylic acids is 1. The number of nitrogens with zero attached hydrogens (tertiary/aromatic N) is 2. The zero-order valence-electron chi connectivity index (χ0n) is 10.8. The first-order chi connectivity index (χ1) is 9.22. The third kappa shape index (κ3) is 2.85. The second-order valence-electron chi connectivity index (χ2n) is 5.22. The molecule has 3 rings (SSSR count). The molecule has 0 radical (unpaired) electrons. The number of hydrogen-bond acceptors (Lipinski definition) is 2. The lowest BCUT2D eigenvalue weighted by Gasteiger charge is -2.37. The molecule has 5 heteroatoms. The number of anilines is 1. The summed E-state index contributed by atoms with van der Waals surface area (Å²) in [5.41, 5.74) is 0.795. The van der Waals surface area contributed by atoms with Crippen LogP contribution in [0.5, 0.6) is 0 Å². The largest absolute Gasteiger partial charge is 0.322 e. The molecule has 2 heterocycles. The smallest absolute Gasteiger partial charge is 0.321 e. The molecule has 0 spiro atoms. The summed E-state index contributed by atoms with van der Waals surface area (Å²) in [4.78, 5) is 16.6. The number of carbonyl (C=O) groups is 1. The molecule has 102 valence electrons. The van der Waals surface area contributed by atoms with Crippen LogP contribution < -0.4 is 5.32 Å². The van der Waals surface area contributed by atoms with Crippen molar-refractivity contribution in [1.29, 1.82) is 0 Å². The van der Waals surface area contributed by atoms with Crippen molar-refractivity contribution in [3.63, 3.8) is 0 Å². The van der Waals surface area contributed by atoms with Crippen molar-refractivity contribution < 1.29 is 4.79 Å². The Hall–Kier alpha value is -1.26. The van der Waals surface area contributed by atoms with Crippen molar-refractivity contribution in [3.05, 3.63) is 29.3 Å². The first-order valence-corrected chi connectivity index (χ1v) is 7.16. The number of hydrogen-bond donors (Lipinski definition) is 1. The van der Waals surface area contributed by atoms with Gasteiger partial charge in [0.05, 0.1) is 0 Å². The Labute approximate surface area is 118 Å². The van der Waals surface area contributed by atoms with Crippen LogP contribution in [-0.4, -0.2) is 48.1 Å². The minimum absolute atomic E-state index is 0.00567. The van der Waals surface area contributed by atoms with Crippen molar-refractivity contribution >= 4 is 23.3 Å². The lowest BCUT2D eigenvalue weighted by molar-refractivity contribution is 0.124. The molecule has 1 N–H and O–H groups in total. The van der Waals surface area contributed by atoms with Gasteiger partial charge in [0, 0.05) is 36.4 Å². The molecule has 0 bridgehead atoms. The minimum atomic E-state index is -0.00567. The average Bonchev–Trinajstić information content (AvgIpc) is 2.88. The molecule has 2 saturated heterocycles. The molecule has 2 amide bonds. The van der Waals surface area contributed by atoms with Gasteiger partial charge in [-0.1, -0.05) is 11.6 Å². The number of amides is 2. The molecule has 1 atom stereocenters. The van der Waals surface area contributed by atoms with E-state index in [9.17, 15) is 4.79 Å². The van der Waals surface area contributed by atoms with Gasteiger partial charge in [0.25, 0.3) is 0 Å². The van der Waals surface area contributed by atoms with Crippen LogP contribution in [0, 0.1) is 0 Å². The third-order valence-corrected chi connectivity index (χ3v) is 4.22. The van der Waals surface area contributed by atoms with Crippen LogP contribution in [0.3, 0.4) is 0 Å². The van der Waals surface area contributed by atoms with Gasteiger partial charge in [0.1, 0.15) is 0 Å². The minimum Gasteiger partial charge on any atom is -0.322 e. The zero-order chi connectivity index (χ0) is 13.2. The number of benzene rings is 1. The lowest BCUT2D eigenvalue weighted by Crippen LogP contribution is -2.53. The number of fused-ring (bicyclic) bond motifs is 1. The highest BCUT2D eigenvalue weighted by molar-refractivity contribution is 6.30. The number of piperazine rings is 1. The van der Waals surface area contributed by atoms with Gasteiger partial charge in [-0.15, -0.1) is 0 Å². The van der Waals surface area contributed by atoms with Gasteiger partial charge in [-0.2, -0.15) is 0 Å². The Morgan fingerprint density at radius 1 is 1.21 bits per heavy atom. The molecule has 2 aliphatic rings. The summed E-state index contributed by atoms with van der Waals surface area (Å²) in [5, 5.41) is 3.61. The van der Waals surface area contributed by atoms with Crippen molar-refractivity contribution in [2.24, 2.45) is 0 Å². The van der Waals surface area contributed by atoms with E-state index in [1.807, 2.05) is 17.0 Å². The fourth-order valence-electron chi connectivity index (χ4n) is 2.91. The number of nitrogens with one attached hydrogen (secondary N) is 1. The molecule has 2 fully saturated rings. The van der Waals surface area contributed by atoms with Crippen LogP contribution in [0.25, 0.3) is 0 Å². The van der Waals surface area contributed by atoms with E-state index in [1.54, 1.807) is 12.1 Å². The van der Waals surface area contributed by atoms with E-state index in [1.165, 1.54) is 19.4 Å². The van der Waals surface area contributed by atoms with Crippen molar-refractivity contribution in [1.82, 2.24) is 9.80 Å². The molecule has 0 aliphatic carbocycles. The highest BCUT2D eigenvalue weighted by Gasteiger charge is 2.32. The van der Waals surface area contributed by atoms with Crippen molar-refractivity contribution in [3.8, 4) is 0 Å². The molecule has 2 aliphatic heterocycles. The standard InChI is InChI=1S/C14H18ClN3O/c15-11-3-5-12(6-4-11)16-14(19)18-9-8-17-7-1-2-13(17)10-18/h3-6,13H,1-2,7-10H2,(H,16,19). The predicted molar refractivity (Wildman–Crippen MR) is 76.6 cm³/mol. The molecule has 4 nitrogen and oxygen atoms in total. The van der Waals surface area contributed by atoms with Gasteiger partial charge in [-0.3, -0.25) is 4.90 Å². The van der Waals surface area contributed by atoms with Gasteiger partial charge in [-0.05, 0) is 43.7 Å². The Bertz CT molecular complexity index is 462. The summed E-state index contributed by atoms with van der Waals surface area (Å²) >= 11 is 5.83. The molecule has 1 unspecified atom stereocenters. The summed E-state index contributed by atoms with van der Waals surface area (Å²) in [5.74, 6) is 0. The fraction of sp³-hybridized carbons (Fsp3) is 0.500. The maximum absolute atomic E-state index is 12.2. The van der Waals surface area contributed by atoms with Gasteiger partial charge >= 0.3 is 6.03 Å². The van der Waals surface area contributed by atoms with E-state index in [0.29, 0.717) is 11.1 Å². The molecule has 0 aromatic heterocycles. The van der Waals surface area contributed by atoms with E-state index in [-0.39, 0.29) is 6.03 Å². The summed E-state index contributed by atoms with van der Waals surface area (Å²) < 4.78 is 0. The monoisotopic (exact) mass is 279 g/mol. The Morgan fingerprint density at radius 2 is 2.00 bits per heavy atom. The molecule has 19 heavy (non-hydrogen) atoms. The normalized spacial score (nSPS) is 23.2. The summed E-state index contributed by atoms with van der Waals surface area (Å²) in [6.07, 6.45) is 2.47. The topological polar surface area (TPSA) is 35.6 Å². The Balaban J connectivity index is 1.59. The van der Waals surface area contributed by atoms with Crippen LogP contribution in [0.1, 0.15) is 12.8 Å². The number of rotatable bonds is 1. The first kappa shape index (κ1) is 12.8. The van der Waals surface area contributed by atoms with E-state index in [0.717, 1.165) is 25.3 Å². The Kier molecular flexibility index (Phi) is 3.62. The fourth-order valence-corrected chi connectivity index (χ4v) is 3.04.